The number of carbonyl (C=O) groups excluding carboxylic acids is 1. The number of rotatable bonds is 8. The van der Waals surface area contributed by atoms with Crippen molar-refractivity contribution in [3.05, 3.63) is 29.8 Å². The summed E-state index contributed by atoms with van der Waals surface area (Å²) in [6.07, 6.45) is 1.19. The number of sulfonamides is 1. The van der Waals surface area contributed by atoms with Crippen LogP contribution in [0.25, 0.3) is 0 Å². The Bertz CT molecular complexity index is 584. The van der Waals surface area contributed by atoms with E-state index in [9.17, 15) is 13.2 Å². The van der Waals surface area contributed by atoms with Gasteiger partial charge >= 0.3 is 5.97 Å². The second-order valence-electron chi connectivity index (χ2n) is 5.04. The summed E-state index contributed by atoms with van der Waals surface area (Å²) in [5.74, 6) is -0.474. The largest absolute Gasteiger partial charge is 0.462 e. The van der Waals surface area contributed by atoms with Gasteiger partial charge in [-0.25, -0.2) is 17.9 Å². The van der Waals surface area contributed by atoms with Crippen molar-refractivity contribution in [2.75, 3.05) is 13.2 Å². The van der Waals surface area contributed by atoms with Crippen LogP contribution in [0.4, 0.5) is 0 Å². The third kappa shape index (κ3) is 4.28. The maximum Gasteiger partial charge on any atom is 0.338 e. The van der Waals surface area contributed by atoms with E-state index in [1.165, 1.54) is 24.3 Å². The van der Waals surface area contributed by atoms with E-state index in [0.29, 0.717) is 18.4 Å². The van der Waals surface area contributed by atoms with Gasteiger partial charge in [0.2, 0.25) is 10.0 Å². The van der Waals surface area contributed by atoms with Crippen LogP contribution in [0.3, 0.4) is 0 Å². The Balaban J connectivity index is 3.01. The first-order valence-electron chi connectivity index (χ1n) is 7.35. The van der Waals surface area contributed by atoms with Crippen LogP contribution in [0.15, 0.2) is 29.2 Å². The summed E-state index contributed by atoms with van der Waals surface area (Å²) in [6, 6.07) is 5.66. The van der Waals surface area contributed by atoms with E-state index in [2.05, 4.69) is 4.72 Å². The summed E-state index contributed by atoms with van der Waals surface area (Å²) in [5, 5.41) is 0. The van der Waals surface area contributed by atoms with Crippen LogP contribution in [0.5, 0.6) is 0 Å². The van der Waals surface area contributed by atoms with Gasteiger partial charge in [-0.3, -0.25) is 0 Å². The summed E-state index contributed by atoms with van der Waals surface area (Å²) in [5.41, 5.74) is 5.39. The Hall–Kier alpha value is -1.44. The third-order valence-electron chi connectivity index (χ3n) is 3.77. The highest BCUT2D eigenvalue weighted by Crippen LogP contribution is 2.19. The van der Waals surface area contributed by atoms with E-state index < -0.39 is 21.5 Å². The van der Waals surface area contributed by atoms with Crippen molar-refractivity contribution in [1.29, 1.82) is 0 Å². The van der Waals surface area contributed by atoms with Gasteiger partial charge in [-0.15, -0.1) is 0 Å². The minimum Gasteiger partial charge on any atom is -0.462 e. The molecule has 0 fully saturated rings. The zero-order valence-electron chi connectivity index (χ0n) is 13.3. The molecule has 1 aromatic carbocycles. The SMILES string of the molecule is CCOC(=O)c1ccc(S(=O)(=O)NC(CC)(CC)CN)cc1. The summed E-state index contributed by atoms with van der Waals surface area (Å²) >= 11 is 0. The van der Waals surface area contributed by atoms with Gasteiger partial charge in [0, 0.05) is 12.1 Å². The molecule has 0 unspecified atom stereocenters. The van der Waals surface area contributed by atoms with Gasteiger partial charge in [0.25, 0.3) is 0 Å². The summed E-state index contributed by atoms with van der Waals surface area (Å²) in [7, 11) is -3.69. The topological polar surface area (TPSA) is 98.5 Å². The molecular formula is C15H24N2O4S. The Kier molecular flexibility index (Phi) is 6.52. The summed E-state index contributed by atoms with van der Waals surface area (Å²) in [6.45, 7) is 5.99. The minimum atomic E-state index is -3.69. The zero-order valence-corrected chi connectivity index (χ0v) is 14.1. The van der Waals surface area contributed by atoms with Crippen molar-refractivity contribution in [2.24, 2.45) is 5.73 Å². The first-order valence-corrected chi connectivity index (χ1v) is 8.83. The number of hydrogen-bond donors (Lipinski definition) is 2. The molecule has 0 amide bonds. The van der Waals surface area contributed by atoms with Gasteiger partial charge in [-0.1, -0.05) is 13.8 Å². The van der Waals surface area contributed by atoms with Gasteiger partial charge < -0.3 is 10.5 Å². The number of benzene rings is 1. The predicted octanol–water partition coefficient (Wildman–Crippen LogP) is 1.66. The zero-order chi connectivity index (χ0) is 16.8. The molecule has 6 nitrogen and oxygen atoms in total. The van der Waals surface area contributed by atoms with Gasteiger partial charge in [0.1, 0.15) is 0 Å². The predicted molar refractivity (Wildman–Crippen MR) is 85.1 cm³/mol. The first-order chi connectivity index (χ1) is 10.3. The minimum absolute atomic E-state index is 0.0975. The van der Waals surface area contributed by atoms with Crippen molar-refractivity contribution < 1.29 is 17.9 Å². The van der Waals surface area contributed by atoms with Crippen molar-refractivity contribution in [3.8, 4) is 0 Å². The molecule has 124 valence electrons. The summed E-state index contributed by atoms with van der Waals surface area (Å²) < 4.78 is 32.4. The van der Waals surface area contributed by atoms with Crippen LogP contribution >= 0.6 is 0 Å². The Morgan fingerprint density at radius 1 is 1.18 bits per heavy atom. The molecule has 1 rings (SSSR count). The van der Waals surface area contributed by atoms with Crippen molar-refractivity contribution in [3.63, 3.8) is 0 Å². The molecule has 22 heavy (non-hydrogen) atoms. The van der Waals surface area contributed by atoms with E-state index in [4.69, 9.17) is 10.5 Å². The molecule has 0 aliphatic heterocycles. The lowest BCUT2D eigenvalue weighted by Gasteiger charge is -2.31. The molecule has 0 spiro atoms. The maximum absolute atomic E-state index is 12.4. The van der Waals surface area contributed by atoms with E-state index in [1.807, 2.05) is 13.8 Å². The molecule has 0 aliphatic carbocycles. The van der Waals surface area contributed by atoms with Crippen LogP contribution in [0.1, 0.15) is 44.0 Å². The molecule has 0 aromatic heterocycles. The standard InChI is InChI=1S/C15H24N2O4S/c1-4-15(5-2,11-16)17-22(19,20)13-9-7-12(8-10-13)14(18)21-6-3/h7-10,17H,4-6,11,16H2,1-3H3. The third-order valence-corrected chi connectivity index (χ3v) is 5.37. The van der Waals surface area contributed by atoms with Gasteiger partial charge in [-0.05, 0) is 44.0 Å². The number of carbonyl (C=O) groups is 1. The molecular weight excluding hydrogens is 304 g/mol. The van der Waals surface area contributed by atoms with Crippen LogP contribution < -0.4 is 10.5 Å². The number of ether oxygens (including phenoxy) is 1. The van der Waals surface area contributed by atoms with Crippen LogP contribution in [-0.2, 0) is 14.8 Å². The molecule has 0 radical (unpaired) electrons. The Morgan fingerprint density at radius 3 is 2.14 bits per heavy atom. The van der Waals surface area contributed by atoms with E-state index in [-0.39, 0.29) is 18.0 Å². The number of nitrogens with two attached hydrogens (primary N) is 1. The molecule has 7 heteroatoms. The number of hydrogen-bond acceptors (Lipinski definition) is 5. The fraction of sp³-hybridized carbons (Fsp3) is 0.533. The fourth-order valence-electron chi connectivity index (χ4n) is 2.05. The highest BCUT2D eigenvalue weighted by Gasteiger charge is 2.30. The lowest BCUT2D eigenvalue weighted by molar-refractivity contribution is 0.0526. The molecule has 0 aliphatic rings. The molecule has 3 N–H and O–H groups in total. The molecule has 0 bridgehead atoms. The van der Waals surface area contributed by atoms with E-state index in [0.717, 1.165) is 0 Å². The monoisotopic (exact) mass is 328 g/mol. The molecule has 0 atom stereocenters. The van der Waals surface area contributed by atoms with Gasteiger partial charge in [-0.2, -0.15) is 0 Å². The Morgan fingerprint density at radius 2 is 1.73 bits per heavy atom. The van der Waals surface area contributed by atoms with Crippen molar-refractivity contribution in [1.82, 2.24) is 4.72 Å². The normalized spacial score (nSPS) is 12.2. The molecule has 0 saturated heterocycles. The fourth-order valence-corrected chi connectivity index (χ4v) is 3.61. The van der Waals surface area contributed by atoms with E-state index in [1.54, 1.807) is 6.92 Å². The van der Waals surface area contributed by atoms with Crippen LogP contribution in [0, 0.1) is 0 Å². The quantitative estimate of drug-likeness (QED) is 0.707. The smallest absolute Gasteiger partial charge is 0.338 e. The lowest BCUT2D eigenvalue weighted by Crippen LogP contribution is -2.52. The Labute approximate surface area is 132 Å². The van der Waals surface area contributed by atoms with Crippen molar-refractivity contribution in [2.45, 2.75) is 44.0 Å². The van der Waals surface area contributed by atoms with Crippen molar-refractivity contribution >= 4 is 16.0 Å². The highest BCUT2D eigenvalue weighted by atomic mass is 32.2. The highest BCUT2D eigenvalue weighted by molar-refractivity contribution is 7.89. The second kappa shape index (κ2) is 7.71. The molecule has 0 saturated carbocycles. The van der Waals surface area contributed by atoms with Gasteiger partial charge in [0.15, 0.2) is 0 Å². The first kappa shape index (κ1) is 18.6. The summed E-state index contributed by atoms with van der Waals surface area (Å²) in [4.78, 5) is 11.7. The second-order valence-corrected chi connectivity index (χ2v) is 6.72. The lowest BCUT2D eigenvalue weighted by atomic mass is 9.95. The average Bonchev–Trinajstić information content (AvgIpc) is 2.53. The van der Waals surface area contributed by atoms with E-state index >= 15 is 0 Å². The maximum atomic E-state index is 12.4. The van der Waals surface area contributed by atoms with Gasteiger partial charge in [0.05, 0.1) is 17.1 Å². The molecule has 0 heterocycles. The number of esters is 1. The molecule has 1 aromatic rings. The number of nitrogens with one attached hydrogen (secondary N) is 1. The van der Waals surface area contributed by atoms with Crippen LogP contribution in [0.2, 0.25) is 0 Å². The average molecular weight is 328 g/mol. The van der Waals surface area contributed by atoms with Crippen LogP contribution in [-0.4, -0.2) is 33.1 Å².